The van der Waals surface area contributed by atoms with E-state index in [1.54, 1.807) is 0 Å². The average Bonchev–Trinajstić information content (AvgIpc) is 3.32. The van der Waals surface area contributed by atoms with Gasteiger partial charge in [-0.25, -0.2) is 0 Å². The Balaban J connectivity index is 1.36. The number of hydrogen-bond donors (Lipinski definition) is 1. The van der Waals surface area contributed by atoms with Gasteiger partial charge >= 0.3 is 0 Å². The highest BCUT2D eigenvalue weighted by Gasteiger charge is 2.22. The van der Waals surface area contributed by atoms with E-state index in [4.69, 9.17) is 4.74 Å². The van der Waals surface area contributed by atoms with Crippen molar-refractivity contribution < 1.29 is 4.74 Å². The third kappa shape index (κ3) is 4.30. The van der Waals surface area contributed by atoms with Crippen LogP contribution in [0.25, 0.3) is 0 Å². The second-order valence-corrected chi connectivity index (χ2v) is 6.09. The molecule has 1 aromatic rings. The van der Waals surface area contributed by atoms with E-state index < -0.39 is 0 Å². The number of benzene rings is 1. The SMILES string of the molecule is c1ccc(C2CN(CCCOCC3CC3)CCN2)cc1. The van der Waals surface area contributed by atoms with E-state index in [-0.39, 0.29) is 0 Å². The molecular weight excluding hydrogens is 248 g/mol. The normalized spacial score (nSPS) is 23.9. The summed E-state index contributed by atoms with van der Waals surface area (Å²) in [6, 6.07) is 11.3. The number of piperazine rings is 1. The maximum Gasteiger partial charge on any atom is 0.0494 e. The molecule has 1 aromatic carbocycles. The van der Waals surface area contributed by atoms with Gasteiger partial charge in [0.2, 0.25) is 0 Å². The fourth-order valence-electron chi connectivity index (χ4n) is 2.85. The Hall–Kier alpha value is -0.900. The summed E-state index contributed by atoms with van der Waals surface area (Å²) in [6.45, 7) is 6.45. The van der Waals surface area contributed by atoms with Gasteiger partial charge in [-0.2, -0.15) is 0 Å². The molecule has 0 spiro atoms. The lowest BCUT2D eigenvalue weighted by atomic mass is 10.0. The van der Waals surface area contributed by atoms with E-state index in [9.17, 15) is 0 Å². The van der Waals surface area contributed by atoms with E-state index in [1.165, 1.54) is 18.4 Å². The van der Waals surface area contributed by atoms with Gasteiger partial charge in [0, 0.05) is 45.4 Å². The van der Waals surface area contributed by atoms with E-state index in [2.05, 4.69) is 40.5 Å². The Morgan fingerprint density at radius 1 is 1.20 bits per heavy atom. The van der Waals surface area contributed by atoms with Crippen LogP contribution in [0.2, 0.25) is 0 Å². The van der Waals surface area contributed by atoms with Gasteiger partial charge in [0.1, 0.15) is 0 Å². The summed E-state index contributed by atoms with van der Waals surface area (Å²) < 4.78 is 5.72. The molecule has 110 valence electrons. The van der Waals surface area contributed by atoms with E-state index in [0.717, 1.165) is 51.7 Å². The highest BCUT2D eigenvalue weighted by atomic mass is 16.5. The predicted molar refractivity (Wildman–Crippen MR) is 81.8 cm³/mol. The highest BCUT2D eigenvalue weighted by molar-refractivity contribution is 5.19. The van der Waals surface area contributed by atoms with Crippen molar-refractivity contribution >= 4 is 0 Å². The zero-order chi connectivity index (χ0) is 13.6. The first-order valence-electron chi connectivity index (χ1n) is 8.00. The Bertz CT molecular complexity index is 391. The number of nitrogens with zero attached hydrogens (tertiary/aromatic N) is 1. The lowest BCUT2D eigenvalue weighted by molar-refractivity contribution is 0.106. The first-order valence-corrected chi connectivity index (χ1v) is 8.00. The van der Waals surface area contributed by atoms with Gasteiger partial charge in [0.15, 0.2) is 0 Å². The predicted octanol–water partition coefficient (Wildman–Crippen LogP) is 2.45. The number of rotatable bonds is 7. The molecule has 3 nitrogen and oxygen atoms in total. The molecule has 2 fully saturated rings. The topological polar surface area (TPSA) is 24.5 Å². The Morgan fingerprint density at radius 2 is 2.05 bits per heavy atom. The van der Waals surface area contributed by atoms with Crippen molar-refractivity contribution in [2.24, 2.45) is 5.92 Å². The Labute approximate surface area is 122 Å². The lowest BCUT2D eigenvalue weighted by Gasteiger charge is -2.34. The molecule has 1 heterocycles. The molecule has 1 saturated carbocycles. The Kier molecular flexibility index (Phi) is 5.06. The van der Waals surface area contributed by atoms with Crippen molar-refractivity contribution in [1.82, 2.24) is 10.2 Å². The first kappa shape index (κ1) is 14.1. The molecule has 0 radical (unpaired) electrons. The summed E-state index contributed by atoms with van der Waals surface area (Å²) >= 11 is 0. The van der Waals surface area contributed by atoms with Crippen LogP contribution in [0.3, 0.4) is 0 Å². The monoisotopic (exact) mass is 274 g/mol. The summed E-state index contributed by atoms with van der Waals surface area (Å²) in [7, 11) is 0. The smallest absolute Gasteiger partial charge is 0.0494 e. The van der Waals surface area contributed by atoms with Crippen molar-refractivity contribution in [3.63, 3.8) is 0 Å². The van der Waals surface area contributed by atoms with Gasteiger partial charge in [0.25, 0.3) is 0 Å². The second kappa shape index (κ2) is 7.21. The van der Waals surface area contributed by atoms with Crippen LogP contribution in [0.5, 0.6) is 0 Å². The number of nitrogens with one attached hydrogen (secondary N) is 1. The van der Waals surface area contributed by atoms with Crippen molar-refractivity contribution in [1.29, 1.82) is 0 Å². The third-order valence-corrected chi connectivity index (χ3v) is 4.27. The zero-order valence-corrected chi connectivity index (χ0v) is 12.3. The fourth-order valence-corrected chi connectivity index (χ4v) is 2.85. The number of ether oxygens (including phenoxy) is 1. The number of hydrogen-bond acceptors (Lipinski definition) is 3. The van der Waals surface area contributed by atoms with Crippen molar-refractivity contribution in [2.75, 3.05) is 39.4 Å². The minimum atomic E-state index is 0.484. The second-order valence-electron chi connectivity index (χ2n) is 6.09. The average molecular weight is 274 g/mol. The van der Waals surface area contributed by atoms with Crippen LogP contribution in [0.4, 0.5) is 0 Å². The van der Waals surface area contributed by atoms with Crippen molar-refractivity contribution in [3.05, 3.63) is 35.9 Å². The van der Waals surface area contributed by atoms with Crippen LogP contribution in [-0.2, 0) is 4.74 Å². The molecule has 1 N–H and O–H groups in total. The minimum Gasteiger partial charge on any atom is -0.381 e. The van der Waals surface area contributed by atoms with E-state index >= 15 is 0 Å². The summed E-state index contributed by atoms with van der Waals surface area (Å²) in [6.07, 6.45) is 3.93. The van der Waals surface area contributed by atoms with Gasteiger partial charge in [-0.15, -0.1) is 0 Å². The highest BCUT2D eigenvalue weighted by Crippen LogP contribution is 2.28. The standard InChI is InChI=1S/C17H26N2O/c1-2-5-16(6-3-1)17-13-19(11-9-18-17)10-4-12-20-14-15-7-8-15/h1-3,5-6,15,17-18H,4,7-14H2. The molecule has 2 aliphatic rings. The van der Waals surface area contributed by atoms with Crippen molar-refractivity contribution in [3.8, 4) is 0 Å². The van der Waals surface area contributed by atoms with Gasteiger partial charge in [-0.3, -0.25) is 0 Å². The third-order valence-electron chi connectivity index (χ3n) is 4.27. The van der Waals surface area contributed by atoms with Crippen LogP contribution < -0.4 is 5.32 Å². The summed E-state index contributed by atoms with van der Waals surface area (Å²) in [4.78, 5) is 2.56. The summed E-state index contributed by atoms with van der Waals surface area (Å²) in [5.74, 6) is 0.886. The van der Waals surface area contributed by atoms with Crippen LogP contribution in [0.1, 0.15) is 30.9 Å². The van der Waals surface area contributed by atoms with Gasteiger partial charge < -0.3 is 15.0 Å². The molecule has 1 aliphatic heterocycles. The summed E-state index contributed by atoms with van der Waals surface area (Å²) in [5, 5.41) is 3.62. The molecule has 1 saturated heterocycles. The summed E-state index contributed by atoms with van der Waals surface area (Å²) in [5.41, 5.74) is 1.40. The van der Waals surface area contributed by atoms with Crippen LogP contribution >= 0.6 is 0 Å². The van der Waals surface area contributed by atoms with Gasteiger partial charge in [0.05, 0.1) is 0 Å². The van der Waals surface area contributed by atoms with Crippen LogP contribution in [0, 0.1) is 5.92 Å². The molecule has 1 unspecified atom stereocenters. The maximum absolute atomic E-state index is 5.72. The first-order chi connectivity index (χ1) is 9.92. The molecule has 1 aliphatic carbocycles. The quantitative estimate of drug-likeness (QED) is 0.773. The fraction of sp³-hybridized carbons (Fsp3) is 0.647. The maximum atomic E-state index is 5.72. The molecule has 0 amide bonds. The largest absolute Gasteiger partial charge is 0.381 e. The van der Waals surface area contributed by atoms with Crippen LogP contribution in [-0.4, -0.2) is 44.3 Å². The molecule has 1 atom stereocenters. The molecular formula is C17H26N2O. The van der Waals surface area contributed by atoms with E-state index in [0.29, 0.717) is 6.04 Å². The molecule has 0 aromatic heterocycles. The van der Waals surface area contributed by atoms with E-state index in [1.807, 2.05) is 0 Å². The molecule has 20 heavy (non-hydrogen) atoms. The molecule has 3 heteroatoms. The van der Waals surface area contributed by atoms with Gasteiger partial charge in [-0.05, 0) is 30.7 Å². The van der Waals surface area contributed by atoms with Crippen LogP contribution in [0.15, 0.2) is 30.3 Å². The lowest BCUT2D eigenvalue weighted by Crippen LogP contribution is -2.46. The van der Waals surface area contributed by atoms with Gasteiger partial charge in [-0.1, -0.05) is 30.3 Å². The minimum absolute atomic E-state index is 0.484. The molecule has 0 bridgehead atoms. The Morgan fingerprint density at radius 3 is 2.85 bits per heavy atom. The van der Waals surface area contributed by atoms with Crippen molar-refractivity contribution in [2.45, 2.75) is 25.3 Å². The molecule has 3 rings (SSSR count). The zero-order valence-electron chi connectivity index (χ0n) is 12.3.